The summed E-state index contributed by atoms with van der Waals surface area (Å²) in [5.41, 5.74) is 6.58. The maximum Gasteiger partial charge on any atom is 0.122 e. The van der Waals surface area contributed by atoms with Crippen molar-refractivity contribution >= 4 is 0 Å². The summed E-state index contributed by atoms with van der Waals surface area (Å²) < 4.78 is 10.6. The Morgan fingerprint density at radius 3 is 3.05 bits per heavy atom. The van der Waals surface area contributed by atoms with Gasteiger partial charge in [0.25, 0.3) is 0 Å². The van der Waals surface area contributed by atoms with Crippen LogP contribution in [-0.2, 0) is 12.8 Å². The van der Waals surface area contributed by atoms with Crippen molar-refractivity contribution in [2.24, 2.45) is 5.84 Å². The minimum Gasteiger partial charge on any atom is -0.493 e. The number of rotatable bonds is 5. The second kappa shape index (κ2) is 5.47. The number of hydrogen-bond donors (Lipinski definition) is 2. The molecule has 0 spiro atoms. The highest BCUT2D eigenvalue weighted by atomic mass is 16.5. The van der Waals surface area contributed by atoms with Gasteiger partial charge >= 0.3 is 0 Å². The van der Waals surface area contributed by atoms with Crippen molar-refractivity contribution in [2.75, 3.05) is 6.61 Å². The third kappa shape index (κ3) is 2.64. The van der Waals surface area contributed by atoms with Crippen molar-refractivity contribution in [3.05, 3.63) is 53.5 Å². The Hall–Kier alpha value is -1.78. The number of nitrogens with two attached hydrogens (primary N) is 1. The van der Waals surface area contributed by atoms with Gasteiger partial charge in [-0.05, 0) is 36.1 Å². The van der Waals surface area contributed by atoms with Gasteiger partial charge in [0.05, 0.1) is 19.1 Å². The molecule has 0 bridgehead atoms. The maximum atomic E-state index is 5.61. The second-order valence-corrected chi connectivity index (χ2v) is 4.86. The smallest absolute Gasteiger partial charge is 0.122 e. The summed E-state index contributed by atoms with van der Waals surface area (Å²) in [5, 5.41) is 0. The third-order valence-corrected chi connectivity index (χ3v) is 3.62. The van der Waals surface area contributed by atoms with Crippen molar-refractivity contribution in [1.29, 1.82) is 0 Å². The molecule has 100 valence electrons. The molecule has 0 saturated carbocycles. The Kier molecular flexibility index (Phi) is 3.53. The highest BCUT2D eigenvalue weighted by Gasteiger charge is 2.14. The molecule has 0 aliphatic carbocycles. The van der Waals surface area contributed by atoms with Crippen LogP contribution >= 0.6 is 0 Å². The van der Waals surface area contributed by atoms with Gasteiger partial charge in [-0.1, -0.05) is 12.1 Å². The van der Waals surface area contributed by atoms with Gasteiger partial charge in [-0.2, -0.15) is 0 Å². The summed E-state index contributed by atoms with van der Waals surface area (Å²) >= 11 is 0. The first-order valence-corrected chi connectivity index (χ1v) is 6.59. The van der Waals surface area contributed by atoms with E-state index >= 15 is 0 Å². The van der Waals surface area contributed by atoms with Crippen LogP contribution in [0.3, 0.4) is 0 Å². The fourth-order valence-electron chi connectivity index (χ4n) is 2.53. The number of hydrazine groups is 1. The molecule has 0 radical (unpaired) electrons. The van der Waals surface area contributed by atoms with Crippen LogP contribution in [0.2, 0.25) is 0 Å². The lowest BCUT2D eigenvalue weighted by molar-refractivity contribution is 0.357. The molecule has 2 aromatic rings. The van der Waals surface area contributed by atoms with E-state index in [0.29, 0.717) is 0 Å². The summed E-state index contributed by atoms with van der Waals surface area (Å²) in [6.07, 6.45) is 6.35. The lowest BCUT2D eigenvalue weighted by Crippen LogP contribution is -2.28. The molecule has 1 aliphatic rings. The van der Waals surface area contributed by atoms with Crippen LogP contribution in [0.5, 0.6) is 5.75 Å². The van der Waals surface area contributed by atoms with Crippen LogP contribution in [0.25, 0.3) is 0 Å². The summed E-state index contributed by atoms with van der Waals surface area (Å²) in [7, 11) is 0. The molecule has 1 aromatic heterocycles. The van der Waals surface area contributed by atoms with Crippen LogP contribution in [0.1, 0.15) is 29.2 Å². The normalized spacial score (nSPS) is 15.0. The molecule has 1 unspecified atom stereocenters. The van der Waals surface area contributed by atoms with E-state index in [2.05, 4.69) is 23.6 Å². The third-order valence-electron chi connectivity index (χ3n) is 3.62. The Morgan fingerprint density at radius 2 is 2.26 bits per heavy atom. The van der Waals surface area contributed by atoms with Crippen LogP contribution < -0.4 is 16.0 Å². The molecular formula is C15H18N2O2. The highest BCUT2D eigenvalue weighted by molar-refractivity contribution is 5.39. The quantitative estimate of drug-likeness (QED) is 0.638. The van der Waals surface area contributed by atoms with Gasteiger partial charge in [0, 0.05) is 18.0 Å². The standard InChI is InChI=1S/C15H18N2O2/c16-17-14(13-5-7-18-10-13)3-1-11-2-4-15-12(9-11)6-8-19-15/h2,4-5,7,9-10,14,17H,1,3,6,8,16H2. The van der Waals surface area contributed by atoms with E-state index in [1.54, 1.807) is 12.5 Å². The molecule has 4 nitrogen and oxygen atoms in total. The van der Waals surface area contributed by atoms with Gasteiger partial charge < -0.3 is 9.15 Å². The van der Waals surface area contributed by atoms with E-state index in [4.69, 9.17) is 15.0 Å². The summed E-state index contributed by atoms with van der Waals surface area (Å²) in [5.74, 6) is 6.64. The van der Waals surface area contributed by atoms with Gasteiger partial charge in [-0.15, -0.1) is 0 Å². The fourth-order valence-corrected chi connectivity index (χ4v) is 2.53. The van der Waals surface area contributed by atoms with Crippen LogP contribution in [-0.4, -0.2) is 6.61 Å². The molecule has 0 saturated heterocycles. The number of fused-ring (bicyclic) bond motifs is 1. The van der Waals surface area contributed by atoms with E-state index in [1.165, 1.54) is 11.1 Å². The number of furan rings is 1. The summed E-state index contributed by atoms with van der Waals surface area (Å²) in [6.45, 7) is 0.806. The number of ether oxygens (including phenoxy) is 1. The summed E-state index contributed by atoms with van der Waals surface area (Å²) in [6, 6.07) is 8.52. The van der Waals surface area contributed by atoms with Gasteiger partial charge in [0.2, 0.25) is 0 Å². The topological polar surface area (TPSA) is 60.4 Å². The molecule has 3 rings (SSSR count). The van der Waals surface area contributed by atoms with Crippen LogP contribution in [0.4, 0.5) is 0 Å². The van der Waals surface area contributed by atoms with E-state index in [9.17, 15) is 0 Å². The number of nitrogens with one attached hydrogen (secondary N) is 1. The Morgan fingerprint density at radius 1 is 1.32 bits per heavy atom. The molecule has 4 heteroatoms. The Labute approximate surface area is 112 Å². The van der Waals surface area contributed by atoms with Crippen LogP contribution in [0, 0.1) is 0 Å². The lowest BCUT2D eigenvalue weighted by atomic mass is 10.00. The molecule has 1 aromatic carbocycles. The van der Waals surface area contributed by atoms with E-state index in [-0.39, 0.29) is 6.04 Å². The summed E-state index contributed by atoms with van der Waals surface area (Å²) in [4.78, 5) is 0. The minimum atomic E-state index is 0.128. The second-order valence-electron chi connectivity index (χ2n) is 4.86. The first-order chi connectivity index (χ1) is 9.36. The van der Waals surface area contributed by atoms with Crippen molar-refractivity contribution in [1.82, 2.24) is 5.43 Å². The SMILES string of the molecule is NNC(CCc1ccc2c(c1)CCO2)c1ccoc1. The molecule has 2 heterocycles. The van der Waals surface area contributed by atoms with Crippen molar-refractivity contribution in [2.45, 2.75) is 25.3 Å². The molecule has 0 fully saturated rings. The van der Waals surface area contributed by atoms with Gasteiger partial charge in [0.15, 0.2) is 0 Å². The average molecular weight is 258 g/mol. The molecule has 1 atom stereocenters. The number of aryl methyl sites for hydroxylation is 1. The molecule has 1 aliphatic heterocycles. The zero-order chi connectivity index (χ0) is 13.1. The van der Waals surface area contributed by atoms with E-state index in [1.807, 2.05) is 6.07 Å². The van der Waals surface area contributed by atoms with Crippen molar-refractivity contribution in [3.8, 4) is 5.75 Å². The van der Waals surface area contributed by atoms with Crippen LogP contribution in [0.15, 0.2) is 41.2 Å². The predicted octanol–water partition coefficient (Wildman–Crippen LogP) is 2.35. The largest absolute Gasteiger partial charge is 0.493 e. The molecule has 3 N–H and O–H groups in total. The molecule has 19 heavy (non-hydrogen) atoms. The number of benzene rings is 1. The van der Waals surface area contributed by atoms with Gasteiger partial charge in [-0.25, -0.2) is 0 Å². The predicted molar refractivity (Wildman–Crippen MR) is 72.7 cm³/mol. The van der Waals surface area contributed by atoms with Gasteiger partial charge in [-0.3, -0.25) is 11.3 Å². The first-order valence-electron chi connectivity index (χ1n) is 6.59. The lowest BCUT2D eigenvalue weighted by Gasteiger charge is -2.14. The van der Waals surface area contributed by atoms with E-state index < -0.39 is 0 Å². The minimum absolute atomic E-state index is 0.128. The zero-order valence-electron chi connectivity index (χ0n) is 10.8. The highest BCUT2D eigenvalue weighted by Crippen LogP contribution is 2.27. The fraction of sp³-hybridized carbons (Fsp3) is 0.333. The zero-order valence-corrected chi connectivity index (χ0v) is 10.8. The van der Waals surface area contributed by atoms with Gasteiger partial charge in [0.1, 0.15) is 5.75 Å². The maximum absolute atomic E-state index is 5.61. The monoisotopic (exact) mass is 258 g/mol. The average Bonchev–Trinajstić information content (AvgIpc) is 3.10. The van der Waals surface area contributed by atoms with Crippen molar-refractivity contribution in [3.63, 3.8) is 0 Å². The Bertz CT molecular complexity index is 537. The Balaban J connectivity index is 1.65. The molecule has 0 amide bonds. The number of hydrogen-bond acceptors (Lipinski definition) is 4. The van der Waals surface area contributed by atoms with E-state index in [0.717, 1.165) is 37.2 Å². The first kappa shape index (κ1) is 12.3. The molecular weight excluding hydrogens is 240 g/mol. The van der Waals surface area contributed by atoms with Crippen molar-refractivity contribution < 1.29 is 9.15 Å².